The molecule has 142 valence electrons. The number of hydrogen-bond donors (Lipinski definition) is 1. The number of benzene rings is 1. The van der Waals surface area contributed by atoms with Crippen LogP contribution in [0.1, 0.15) is 30.4 Å². The molecule has 8 heteroatoms. The Morgan fingerprint density at radius 2 is 1.96 bits per heavy atom. The first kappa shape index (κ1) is 21.6. The first-order valence-corrected chi connectivity index (χ1v) is 8.00. The molecule has 1 heterocycles. The molecule has 4 nitrogen and oxygen atoms in total. The molecule has 2 N–H and O–H groups in total. The molecule has 0 saturated carbocycles. The van der Waals surface area contributed by atoms with Gasteiger partial charge < -0.3 is 15.4 Å². The first-order chi connectivity index (χ1) is 11.2. The van der Waals surface area contributed by atoms with Crippen molar-refractivity contribution in [2.45, 2.75) is 51.4 Å². The second-order valence-corrected chi connectivity index (χ2v) is 6.29. The number of aryl methyl sites for hydroxylation is 2. The van der Waals surface area contributed by atoms with E-state index >= 15 is 0 Å². The fourth-order valence-corrected chi connectivity index (χ4v) is 2.82. The van der Waals surface area contributed by atoms with Gasteiger partial charge in [-0.2, -0.15) is 13.2 Å². The number of alkyl halides is 3. The molecule has 1 saturated heterocycles. The Bertz CT molecular complexity index is 596. The normalized spacial score (nSPS) is 20.8. The van der Waals surface area contributed by atoms with Crippen LogP contribution in [0.25, 0.3) is 0 Å². The van der Waals surface area contributed by atoms with E-state index in [0.29, 0.717) is 5.75 Å². The van der Waals surface area contributed by atoms with Crippen LogP contribution in [-0.2, 0) is 4.79 Å². The van der Waals surface area contributed by atoms with Gasteiger partial charge in [-0.05, 0) is 49.9 Å². The highest BCUT2D eigenvalue weighted by molar-refractivity contribution is 5.85. The molecule has 1 aromatic rings. The van der Waals surface area contributed by atoms with Crippen LogP contribution in [-0.4, -0.2) is 42.2 Å². The van der Waals surface area contributed by atoms with E-state index in [9.17, 15) is 18.0 Å². The number of nitrogens with two attached hydrogens (primary N) is 1. The van der Waals surface area contributed by atoms with E-state index in [2.05, 4.69) is 0 Å². The molecule has 2 atom stereocenters. The average Bonchev–Trinajstić information content (AvgIpc) is 2.49. The molecule has 1 amide bonds. The van der Waals surface area contributed by atoms with Gasteiger partial charge in [0.1, 0.15) is 11.8 Å². The summed E-state index contributed by atoms with van der Waals surface area (Å²) in [5.41, 5.74) is 7.90. The number of piperidine rings is 1. The fraction of sp³-hybridized carbons (Fsp3) is 0.588. The third-order valence-electron chi connectivity index (χ3n) is 4.38. The van der Waals surface area contributed by atoms with E-state index in [1.807, 2.05) is 26.0 Å². The number of amides is 1. The quantitative estimate of drug-likeness (QED) is 0.871. The van der Waals surface area contributed by atoms with E-state index in [1.54, 1.807) is 6.07 Å². The zero-order valence-electron chi connectivity index (χ0n) is 14.3. The van der Waals surface area contributed by atoms with Gasteiger partial charge in [0, 0.05) is 12.6 Å². The summed E-state index contributed by atoms with van der Waals surface area (Å²) in [7, 11) is 0. The summed E-state index contributed by atoms with van der Waals surface area (Å²) in [5, 5.41) is 0. The highest BCUT2D eigenvalue weighted by atomic mass is 35.5. The van der Waals surface area contributed by atoms with E-state index < -0.39 is 24.2 Å². The lowest BCUT2D eigenvalue weighted by molar-refractivity contribution is -0.197. The van der Waals surface area contributed by atoms with Crippen molar-refractivity contribution in [2.24, 2.45) is 5.73 Å². The van der Waals surface area contributed by atoms with E-state index in [-0.39, 0.29) is 44.8 Å². The van der Waals surface area contributed by atoms with E-state index in [0.717, 1.165) is 16.0 Å². The lowest BCUT2D eigenvalue weighted by Gasteiger charge is -2.39. The number of halogens is 4. The molecular weight excluding hydrogens is 357 g/mol. The Kier molecular flexibility index (Phi) is 7.56. The maximum absolute atomic E-state index is 13.1. The Hall–Kier alpha value is -1.47. The summed E-state index contributed by atoms with van der Waals surface area (Å²) in [6, 6.07) is 3.37. The minimum atomic E-state index is -4.43. The molecule has 0 spiro atoms. The van der Waals surface area contributed by atoms with Crippen molar-refractivity contribution in [3.05, 3.63) is 29.3 Å². The SMILES string of the molecule is Cc1ccc(OCCC(=O)N2CC(N)CCC2C(F)(F)F)cc1C.Cl. The summed E-state index contributed by atoms with van der Waals surface area (Å²) in [6.45, 7) is 3.89. The van der Waals surface area contributed by atoms with Gasteiger partial charge in [0.2, 0.25) is 5.91 Å². The van der Waals surface area contributed by atoms with Gasteiger partial charge in [0.15, 0.2) is 0 Å². The molecule has 2 rings (SSSR count). The van der Waals surface area contributed by atoms with Crippen molar-refractivity contribution >= 4 is 18.3 Å². The van der Waals surface area contributed by atoms with Crippen molar-refractivity contribution in [1.82, 2.24) is 4.90 Å². The van der Waals surface area contributed by atoms with Crippen LogP contribution in [0.5, 0.6) is 5.75 Å². The largest absolute Gasteiger partial charge is 0.493 e. The van der Waals surface area contributed by atoms with Gasteiger partial charge in [-0.25, -0.2) is 0 Å². The third-order valence-corrected chi connectivity index (χ3v) is 4.38. The van der Waals surface area contributed by atoms with Crippen molar-refractivity contribution < 1.29 is 22.7 Å². The minimum absolute atomic E-state index is 0. The highest BCUT2D eigenvalue weighted by Crippen LogP contribution is 2.32. The second kappa shape index (κ2) is 8.76. The van der Waals surface area contributed by atoms with Gasteiger partial charge in [0.05, 0.1) is 13.0 Å². The number of carbonyl (C=O) groups excluding carboxylic acids is 1. The molecule has 2 unspecified atom stereocenters. The zero-order chi connectivity index (χ0) is 17.9. The topological polar surface area (TPSA) is 55.6 Å². The maximum atomic E-state index is 13.1. The molecule has 1 aliphatic heterocycles. The van der Waals surface area contributed by atoms with E-state index in [4.69, 9.17) is 10.5 Å². The molecule has 1 fully saturated rings. The average molecular weight is 381 g/mol. The van der Waals surface area contributed by atoms with Crippen molar-refractivity contribution in [1.29, 1.82) is 0 Å². The number of carbonyl (C=O) groups is 1. The van der Waals surface area contributed by atoms with Crippen LogP contribution in [0.15, 0.2) is 18.2 Å². The number of ether oxygens (including phenoxy) is 1. The molecule has 1 aromatic carbocycles. The first-order valence-electron chi connectivity index (χ1n) is 8.00. The Morgan fingerprint density at radius 1 is 1.28 bits per heavy atom. The lowest BCUT2D eigenvalue weighted by Crippen LogP contribution is -2.56. The molecule has 0 aliphatic carbocycles. The van der Waals surface area contributed by atoms with E-state index in [1.165, 1.54) is 0 Å². The molecule has 0 aromatic heterocycles. The lowest BCUT2D eigenvalue weighted by atomic mass is 9.98. The van der Waals surface area contributed by atoms with Crippen LogP contribution in [0.2, 0.25) is 0 Å². The summed E-state index contributed by atoms with van der Waals surface area (Å²) in [4.78, 5) is 13.1. The summed E-state index contributed by atoms with van der Waals surface area (Å²) in [5.74, 6) is 0.0323. The van der Waals surface area contributed by atoms with Crippen molar-refractivity contribution in [3.63, 3.8) is 0 Å². The number of hydrogen-bond acceptors (Lipinski definition) is 3. The number of likely N-dealkylation sites (tertiary alicyclic amines) is 1. The van der Waals surface area contributed by atoms with Crippen LogP contribution in [0.4, 0.5) is 13.2 Å². The fourth-order valence-electron chi connectivity index (χ4n) is 2.82. The number of rotatable bonds is 4. The van der Waals surface area contributed by atoms with Gasteiger partial charge >= 0.3 is 6.18 Å². The highest BCUT2D eigenvalue weighted by Gasteiger charge is 2.47. The smallest absolute Gasteiger partial charge is 0.408 e. The minimum Gasteiger partial charge on any atom is -0.493 e. The standard InChI is InChI=1S/C17H23F3N2O2.ClH/c1-11-3-5-14(9-12(11)2)24-8-7-16(23)22-10-13(21)4-6-15(22)17(18,19)20;/h3,5,9,13,15H,4,6-8,10,21H2,1-2H3;1H. The predicted molar refractivity (Wildman–Crippen MR) is 92.0 cm³/mol. The van der Waals surface area contributed by atoms with Crippen LogP contribution >= 0.6 is 12.4 Å². The van der Waals surface area contributed by atoms with Crippen LogP contribution in [0, 0.1) is 13.8 Å². The number of nitrogens with zero attached hydrogens (tertiary/aromatic N) is 1. The van der Waals surface area contributed by atoms with Crippen LogP contribution < -0.4 is 10.5 Å². The van der Waals surface area contributed by atoms with Crippen molar-refractivity contribution in [2.75, 3.05) is 13.2 Å². The van der Waals surface area contributed by atoms with Gasteiger partial charge in [0.25, 0.3) is 0 Å². The zero-order valence-corrected chi connectivity index (χ0v) is 15.1. The predicted octanol–water partition coefficient (Wildman–Crippen LogP) is 3.37. The second-order valence-electron chi connectivity index (χ2n) is 6.29. The summed E-state index contributed by atoms with van der Waals surface area (Å²) >= 11 is 0. The monoisotopic (exact) mass is 380 g/mol. The Morgan fingerprint density at radius 3 is 2.56 bits per heavy atom. The Labute approximate surface area is 151 Å². The molecule has 0 radical (unpaired) electrons. The summed E-state index contributed by atoms with van der Waals surface area (Å²) in [6.07, 6.45) is -4.40. The maximum Gasteiger partial charge on any atom is 0.408 e. The van der Waals surface area contributed by atoms with Gasteiger partial charge in [-0.3, -0.25) is 4.79 Å². The Balaban J connectivity index is 0.00000312. The van der Waals surface area contributed by atoms with Crippen LogP contribution in [0.3, 0.4) is 0 Å². The van der Waals surface area contributed by atoms with Gasteiger partial charge in [-0.15, -0.1) is 12.4 Å². The van der Waals surface area contributed by atoms with Crippen molar-refractivity contribution in [3.8, 4) is 5.75 Å². The third kappa shape index (κ3) is 5.78. The molecular formula is C17H24ClF3N2O2. The molecule has 1 aliphatic rings. The molecule has 0 bridgehead atoms. The van der Waals surface area contributed by atoms with Gasteiger partial charge in [-0.1, -0.05) is 6.07 Å². The summed E-state index contributed by atoms with van der Waals surface area (Å²) < 4.78 is 44.7. The molecule has 25 heavy (non-hydrogen) atoms.